The van der Waals surface area contributed by atoms with Crippen molar-refractivity contribution < 1.29 is 9.13 Å². The van der Waals surface area contributed by atoms with E-state index in [-0.39, 0.29) is 5.75 Å². The molecular formula is C32H29FN4OS. The molecule has 4 aromatic carbocycles. The molecule has 2 N–H and O–H groups in total. The second-order valence-corrected chi connectivity index (χ2v) is 10.5. The number of nitrogens with one attached hydrogen (secondary N) is 2. The van der Waals surface area contributed by atoms with Gasteiger partial charge in [-0.25, -0.2) is 14.4 Å². The Morgan fingerprint density at radius 1 is 0.821 bits per heavy atom. The fraction of sp³-hybridized carbons (Fsp3) is 0.188. The highest BCUT2D eigenvalue weighted by molar-refractivity contribution is 8.00. The smallest absolute Gasteiger partial charge is 0.223 e. The molecule has 0 bridgehead atoms. The number of halogens is 1. The first-order chi connectivity index (χ1) is 19.2. The highest BCUT2D eigenvalue weighted by atomic mass is 32.2. The fourth-order valence-electron chi connectivity index (χ4n) is 4.94. The summed E-state index contributed by atoms with van der Waals surface area (Å²) in [6, 6.07) is 29.1. The minimum absolute atomic E-state index is 0.151. The Kier molecular flexibility index (Phi) is 7.59. The molecule has 0 unspecified atom stereocenters. The lowest BCUT2D eigenvalue weighted by molar-refractivity contribution is 0.444. The second-order valence-electron chi connectivity index (χ2n) is 9.67. The van der Waals surface area contributed by atoms with E-state index < -0.39 is 5.82 Å². The molecule has 1 saturated carbocycles. The van der Waals surface area contributed by atoms with Crippen molar-refractivity contribution in [1.82, 2.24) is 9.97 Å². The Bertz CT molecular complexity index is 1580. The molecule has 0 amide bonds. The van der Waals surface area contributed by atoms with Crippen LogP contribution < -0.4 is 14.8 Å². The molecule has 0 spiro atoms. The molecule has 1 aromatic heterocycles. The lowest BCUT2D eigenvalue weighted by Gasteiger charge is -2.22. The maximum Gasteiger partial charge on any atom is 0.223 e. The molecule has 6 rings (SSSR count). The highest BCUT2D eigenvalue weighted by Gasteiger charge is 2.16. The largest absolute Gasteiger partial charge is 0.454 e. The van der Waals surface area contributed by atoms with E-state index in [1.54, 1.807) is 12.3 Å². The summed E-state index contributed by atoms with van der Waals surface area (Å²) >= 11 is 1.46. The monoisotopic (exact) mass is 536 g/mol. The summed E-state index contributed by atoms with van der Waals surface area (Å²) in [4.78, 5) is 10.2. The highest BCUT2D eigenvalue weighted by Crippen LogP contribution is 2.35. The van der Waals surface area contributed by atoms with Crippen molar-refractivity contribution in [3.8, 4) is 22.8 Å². The van der Waals surface area contributed by atoms with E-state index in [1.165, 1.54) is 42.7 Å². The first kappa shape index (κ1) is 25.2. The van der Waals surface area contributed by atoms with Gasteiger partial charge in [0, 0.05) is 34.5 Å². The minimum atomic E-state index is -0.448. The van der Waals surface area contributed by atoms with Crippen molar-refractivity contribution >= 4 is 34.4 Å². The van der Waals surface area contributed by atoms with Crippen LogP contribution in [0.25, 0.3) is 22.0 Å². The van der Waals surface area contributed by atoms with Crippen molar-refractivity contribution in [1.29, 1.82) is 0 Å². The van der Waals surface area contributed by atoms with Crippen molar-refractivity contribution in [3.05, 3.63) is 103 Å². The molecule has 0 atom stereocenters. The molecule has 1 aliphatic rings. The molecule has 39 heavy (non-hydrogen) atoms. The summed E-state index contributed by atoms with van der Waals surface area (Å²) in [5.41, 5.74) is 2.16. The van der Waals surface area contributed by atoms with Gasteiger partial charge in [-0.3, -0.25) is 0 Å². The number of rotatable bonds is 8. The lowest BCUT2D eigenvalue weighted by Crippen LogP contribution is -2.23. The summed E-state index contributed by atoms with van der Waals surface area (Å²) in [6.07, 6.45) is 7.78. The van der Waals surface area contributed by atoms with Crippen molar-refractivity contribution in [2.75, 3.05) is 10.0 Å². The van der Waals surface area contributed by atoms with Gasteiger partial charge in [-0.05, 0) is 72.0 Å². The molecule has 5 nitrogen and oxygen atoms in total. The third-order valence-electron chi connectivity index (χ3n) is 6.94. The van der Waals surface area contributed by atoms with E-state index in [1.807, 2.05) is 60.7 Å². The average Bonchev–Trinajstić information content (AvgIpc) is 2.98. The van der Waals surface area contributed by atoms with Crippen LogP contribution in [-0.4, -0.2) is 16.0 Å². The molecule has 1 aliphatic carbocycles. The Labute approximate surface area is 232 Å². The molecule has 5 aromatic rings. The van der Waals surface area contributed by atoms with Crippen LogP contribution in [0.1, 0.15) is 32.1 Å². The van der Waals surface area contributed by atoms with E-state index in [2.05, 4.69) is 33.2 Å². The summed E-state index contributed by atoms with van der Waals surface area (Å²) in [5.74, 6) is 0.845. The van der Waals surface area contributed by atoms with E-state index in [4.69, 9.17) is 9.72 Å². The SMILES string of the molecule is Fc1cc(NSc2cccc3ccccc23)ccc1Oc1ccccc1-c1ccnc(NC2CCCCC2)n1. The van der Waals surface area contributed by atoms with Gasteiger partial charge >= 0.3 is 0 Å². The molecule has 0 saturated heterocycles. The van der Waals surface area contributed by atoms with Crippen molar-refractivity contribution in [2.24, 2.45) is 0 Å². The Morgan fingerprint density at radius 3 is 2.54 bits per heavy atom. The van der Waals surface area contributed by atoms with Gasteiger partial charge in [-0.15, -0.1) is 0 Å². The number of aromatic nitrogens is 2. The van der Waals surface area contributed by atoms with Crippen molar-refractivity contribution in [3.63, 3.8) is 0 Å². The van der Waals surface area contributed by atoms with Gasteiger partial charge in [0.2, 0.25) is 5.95 Å². The molecule has 7 heteroatoms. The Hall–Kier alpha value is -4.10. The number of para-hydroxylation sites is 1. The zero-order valence-electron chi connectivity index (χ0n) is 21.4. The van der Waals surface area contributed by atoms with E-state index in [9.17, 15) is 0 Å². The van der Waals surface area contributed by atoms with Crippen LogP contribution in [0.2, 0.25) is 0 Å². The molecule has 1 fully saturated rings. The number of fused-ring (bicyclic) bond motifs is 1. The maximum absolute atomic E-state index is 15.2. The van der Waals surface area contributed by atoms with Crippen LogP contribution in [0.15, 0.2) is 102 Å². The average molecular weight is 537 g/mol. The standard InChI is InChI=1S/C32H29FN4OS/c33-27-21-24(37-39-31-16-8-10-22-9-4-5-13-25(22)31)17-18-30(27)38-29-15-7-6-14-26(29)28-19-20-34-32(36-28)35-23-11-2-1-3-12-23/h4-10,13-21,23,37H,1-3,11-12H2,(H,34,35,36). The number of nitrogens with zero attached hydrogens (tertiary/aromatic N) is 2. The number of ether oxygens (including phenoxy) is 1. The Balaban J connectivity index is 1.17. The van der Waals surface area contributed by atoms with Gasteiger partial charge in [0.05, 0.1) is 5.69 Å². The number of anilines is 2. The summed E-state index contributed by atoms with van der Waals surface area (Å²) < 4.78 is 24.5. The van der Waals surface area contributed by atoms with Crippen LogP contribution >= 0.6 is 11.9 Å². The van der Waals surface area contributed by atoms with Crippen LogP contribution in [0.4, 0.5) is 16.0 Å². The van der Waals surface area contributed by atoms with E-state index in [0.717, 1.165) is 34.4 Å². The van der Waals surface area contributed by atoms with Crippen LogP contribution in [0.5, 0.6) is 11.5 Å². The maximum atomic E-state index is 15.2. The quantitative estimate of drug-likeness (QED) is 0.193. The first-order valence-electron chi connectivity index (χ1n) is 13.3. The van der Waals surface area contributed by atoms with Gasteiger partial charge in [-0.1, -0.05) is 67.8 Å². The summed E-state index contributed by atoms with van der Waals surface area (Å²) in [7, 11) is 0. The summed E-state index contributed by atoms with van der Waals surface area (Å²) in [6.45, 7) is 0. The number of hydrogen-bond acceptors (Lipinski definition) is 6. The van der Waals surface area contributed by atoms with Gasteiger partial charge in [0.15, 0.2) is 11.6 Å². The topological polar surface area (TPSA) is 59.1 Å². The third-order valence-corrected chi connectivity index (χ3v) is 7.85. The molecule has 1 heterocycles. The number of benzene rings is 4. The zero-order valence-corrected chi connectivity index (χ0v) is 22.3. The lowest BCUT2D eigenvalue weighted by atomic mass is 9.96. The zero-order chi connectivity index (χ0) is 26.4. The van der Waals surface area contributed by atoms with Crippen LogP contribution in [0.3, 0.4) is 0 Å². The normalized spacial score (nSPS) is 13.8. The fourth-order valence-corrected chi connectivity index (χ4v) is 5.74. The van der Waals surface area contributed by atoms with Crippen LogP contribution in [0, 0.1) is 5.82 Å². The van der Waals surface area contributed by atoms with E-state index in [0.29, 0.717) is 23.4 Å². The first-order valence-corrected chi connectivity index (χ1v) is 14.1. The molecule has 0 aliphatic heterocycles. The van der Waals surface area contributed by atoms with Gasteiger partial charge in [0.25, 0.3) is 0 Å². The van der Waals surface area contributed by atoms with Gasteiger partial charge in [0.1, 0.15) is 5.75 Å². The molecule has 0 radical (unpaired) electrons. The Morgan fingerprint density at radius 2 is 1.64 bits per heavy atom. The van der Waals surface area contributed by atoms with Crippen molar-refractivity contribution in [2.45, 2.75) is 43.0 Å². The third kappa shape index (κ3) is 5.99. The van der Waals surface area contributed by atoms with Gasteiger partial charge < -0.3 is 14.8 Å². The predicted molar refractivity (Wildman–Crippen MR) is 158 cm³/mol. The predicted octanol–water partition coefficient (Wildman–Crippen LogP) is 9.09. The minimum Gasteiger partial charge on any atom is -0.454 e. The summed E-state index contributed by atoms with van der Waals surface area (Å²) in [5, 5.41) is 5.79. The van der Waals surface area contributed by atoms with E-state index >= 15 is 4.39 Å². The van der Waals surface area contributed by atoms with Gasteiger partial charge in [-0.2, -0.15) is 0 Å². The van der Waals surface area contributed by atoms with Crippen LogP contribution in [-0.2, 0) is 0 Å². The molecular weight excluding hydrogens is 507 g/mol. The molecule has 196 valence electrons. The second kappa shape index (κ2) is 11.7. The number of hydrogen-bond donors (Lipinski definition) is 2.